The van der Waals surface area contributed by atoms with Crippen molar-refractivity contribution in [3.8, 4) is 11.5 Å². The van der Waals surface area contributed by atoms with Crippen LogP contribution in [0.15, 0.2) is 59.1 Å². The molecule has 1 fully saturated rings. The first-order chi connectivity index (χ1) is 14.2. The molecule has 0 spiro atoms. The Hall–Kier alpha value is -2.99. The molecule has 0 bridgehead atoms. The van der Waals surface area contributed by atoms with E-state index >= 15 is 0 Å². The lowest BCUT2D eigenvalue weighted by atomic mass is 10.1. The highest BCUT2D eigenvalue weighted by Gasteiger charge is 2.22. The highest BCUT2D eigenvalue weighted by molar-refractivity contribution is 5.76. The molecule has 1 aliphatic rings. The van der Waals surface area contributed by atoms with Gasteiger partial charge in [0.1, 0.15) is 0 Å². The van der Waals surface area contributed by atoms with Crippen molar-refractivity contribution in [3.05, 3.63) is 71.5 Å². The van der Waals surface area contributed by atoms with Gasteiger partial charge in [0.25, 0.3) is 5.89 Å². The number of amides is 1. The Morgan fingerprint density at radius 1 is 1.03 bits per heavy atom. The Kier molecular flexibility index (Phi) is 6.00. The van der Waals surface area contributed by atoms with E-state index in [4.69, 9.17) is 4.52 Å². The van der Waals surface area contributed by atoms with Gasteiger partial charge in [0.15, 0.2) is 5.82 Å². The second kappa shape index (κ2) is 9.01. The van der Waals surface area contributed by atoms with E-state index < -0.39 is 0 Å². The van der Waals surface area contributed by atoms with Crippen LogP contribution in [0.4, 0.5) is 0 Å². The van der Waals surface area contributed by atoms with Crippen LogP contribution < -0.4 is 0 Å². The van der Waals surface area contributed by atoms with Crippen molar-refractivity contribution in [1.82, 2.24) is 19.9 Å². The maximum atomic E-state index is 12.5. The molecule has 2 heterocycles. The van der Waals surface area contributed by atoms with Crippen LogP contribution in [0.5, 0.6) is 0 Å². The van der Waals surface area contributed by atoms with Crippen molar-refractivity contribution in [3.63, 3.8) is 0 Å². The molecule has 1 amide bonds. The normalized spacial score (nSPS) is 14.9. The Morgan fingerprint density at radius 2 is 1.83 bits per heavy atom. The lowest BCUT2D eigenvalue weighted by molar-refractivity contribution is -0.133. The number of aromatic nitrogens is 2. The number of carbonyl (C=O) groups is 1. The number of hydrogen-bond donors (Lipinski definition) is 0. The molecular weight excluding hydrogens is 364 g/mol. The standard InChI is InChI=1S/C23H26N4O2/c1-18-6-5-9-20(16-18)23-24-21(25-29-23)17-26-12-14-27(15-13-26)22(28)11-10-19-7-3-2-4-8-19/h2-9,16H,10-15,17H2,1H3. The molecular formula is C23H26N4O2. The summed E-state index contributed by atoms with van der Waals surface area (Å²) in [5, 5.41) is 4.13. The molecule has 1 aromatic heterocycles. The van der Waals surface area contributed by atoms with Crippen molar-refractivity contribution in [2.45, 2.75) is 26.3 Å². The van der Waals surface area contributed by atoms with Gasteiger partial charge in [-0.25, -0.2) is 0 Å². The fourth-order valence-electron chi connectivity index (χ4n) is 3.62. The molecule has 0 aliphatic carbocycles. The number of nitrogens with zero attached hydrogens (tertiary/aromatic N) is 4. The second-order valence-electron chi connectivity index (χ2n) is 7.53. The third-order valence-corrected chi connectivity index (χ3v) is 5.29. The van der Waals surface area contributed by atoms with Crippen molar-refractivity contribution in [2.75, 3.05) is 26.2 Å². The Bertz CT molecular complexity index is 946. The van der Waals surface area contributed by atoms with Crippen LogP contribution in [0, 0.1) is 6.92 Å². The summed E-state index contributed by atoms with van der Waals surface area (Å²) in [5.74, 6) is 1.47. The predicted octanol–water partition coefficient (Wildman–Crippen LogP) is 3.32. The Balaban J connectivity index is 1.25. The van der Waals surface area contributed by atoms with Gasteiger partial charge in [-0.15, -0.1) is 0 Å². The van der Waals surface area contributed by atoms with E-state index in [1.165, 1.54) is 5.56 Å². The molecule has 0 atom stereocenters. The second-order valence-corrected chi connectivity index (χ2v) is 7.53. The number of rotatable bonds is 6. The fraction of sp³-hybridized carbons (Fsp3) is 0.348. The van der Waals surface area contributed by atoms with Crippen LogP contribution in [0.1, 0.15) is 23.4 Å². The van der Waals surface area contributed by atoms with Gasteiger partial charge in [0.05, 0.1) is 6.54 Å². The number of benzene rings is 2. The number of aryl methyl sites for hydroxylation is 2. The van der Waals surface area contributed by atoms with E-state index in [1.807, 2.05) is 54.3 Å². The third-order valence-electron chi connectivity index (χ3n) is 5.29. The zero-order valence-corrected chi connectivity index (χ0v) is 16.8. The number of piperazine rings is 1. The van der Waals surface area contributed by atoms with Gasteiger partial charge >= 0.3 is 0 Å². The maximum absolute atomic E-state index is 12.5. The van der Waals surface area contributed by atoms with Gasteiger partial charge in [-0.2, -0.15) is 4.98 Å². The average molecular weight is 390 g/mol. The molecule has 0 saturated carbocycles. The average Bonchev–Trinajstić information content (AvgIpc) is 3.22. The van der Waals surface area contributed by atoms with Gasteiger partial charge in [-0.1, -0.05) is 53.2 Å². The summed E-state index contributed by atoms with van der Waals surface area (Å²) in [4.78, 5) is 21.3. The summed E-state index contributed by atoms with van der Waals surface area (Å²) >= 11 is 0. The molecule has 6 heteroatoms. The Labute approximate surface area is 171 Å². The topological polar surface area (TPSA) is 62.5 Å². The highest BCUT2D eigenvalue weighted by atomic mass is 16.5. The smallest absolute Gasteiger partial charge is 0.257 e. The van der Waals surface area contributed by atoms with E-state index in [9.17, 15) is 4.79 Å². The van der Waals surface area contributed by atoms with Gasteiger partial charge < -0.3 is 9.42 Å². The first-order valence-electron chi connectivity index (χ1n) is 10.1. The first-order valence-corrected chi connectivity index (χ1v) is 10.1. The highest BCUT2D eigenvalue weighted by Crippen LogP contribution is 2.19. The molecule has 29 heavy (non-hydrogen) atoms. The monoisotopic (exact) mass is 390 g/mol. The lowest BCUT2D eigenvalue weighted by Crippen LogP contribution is -2.48. The first kappa shape index (κ1) is 19.3. The van der Waals surface area contributed by atoms with Crippen LogP contribution in [0.25, 0.3) is 11.5 Å². The minimum absolute atomic E-state index is 0.231. The van der Waals surface area contributed by atoms with Gasteiger partial charge in [-0.3, -0.25) is 9.69 Å². The molecule has 4 rings (SSSR count). The third kappa shape index (κ3) is 5.09. The van der Waals surface area contributed by atoms with Gasteiger partial charge in [0, 0.05) is 38.2 Å². The molecule has 1 aliphatic heterocycles. The molecule has 0 unspecified atom stereocenters. The van der Waals surface area contributed by atoms with E-state index in [2.05, 4.69) is 27.2 Å². The van der Waals surface area contributed by atoms with E-state index in [0.717, 1.165) is 43.7 Å². The minimum Gasteiger partial charge on any atom is -0.340 e. The molecule has 1 saturated heterocycles. The summed E-state index contributed by atoms with van der Waals surface area (Å²) in [5.41, 5.74) is 3.31. The molecule has 150 valence electrons. The van der Waals surface area contributed by atoms with Crippen molar-refractivity contribution >= 4 is 5.91 Å². The molecule has 0 radical (unpaired) electrons. The SMILES string of the molecule is Cc1cccc(-c2nc(CN3CCN(C(=O)CCc4ccccc4)CC3)no2)c1. The summed E-state index contributed by atoms with van der Waals surface area (Å²) < 4.78 is 5.43. The zero-order valence-electron chi connectivity index (χ0n) is 16.8. The Morgan fingerprint density at radius 3 is 2.59 bits per heavy atom. The molecule has 3 aromatic rings. The molecule has 2 aromatic carbocycles. The maximum Gasteiger partial charge on any atom is 0.257 e. The summed E-state index contributed by atoms with van der Waals surface area (Å²) in [6.07, 6.45) is 1.36. The van der Waals surface area contributed by atoms with Crippen LogP contribution in [-0.2, 0) is 17.8 Å². The van der Waals surface area contributed by atoms with E-state index in [0.29, 0.717) is 24.7 Å². The van der Waals surface area contributed by atoms with Gasteiger partial charge in [-0.05, 0) is 31.0 Å². The van der Waals surface area contributed by atoms with Crippen LogP contribution in [0.2, 0.25) is 0 Å². The fourth-order valence-corrected chi connectivity index (χ4v) is 3.62. The lowest BCUT2D eigenvalue weighted by Gasteiger charge is -2.34. The predicted molar refractivity (Wildman–Crippen MR) is 111 cm³/mol. The zero-order chi connectivity index (χ0) is 20.1. The largest absolute Gasteiger partial charge is 0.340 e. The number of carbonyl (C=O) groups excluding carboxylic acids is 1. The van der Waals surface area contributed by atoms with Crippen molar-refractivity contribution in [1.29, 1.82) is 0 Å². The van der Waals surface area contributed by atoms with Crippen LogP contribution in [0.3, 0.4) is 0 Å². The van der Waals surface area contributed by atoms with Crippen molar-refractivity contribution < 1.29 is 9.32 Å². The summed E-state index contributed by atoms with van der Waals surface area (Å²) in [6, 6.07) is 18.2. The molecule has 6 nitrogen and oxygen atoms in total. The van der Waals surface area contributed by atoms with E-state index in [1.54, 1.807) is 0 Å². The van der Waals surface area contributed by atoms with E-state index in [-0.39, 0.29) is 5.91 Å². The van der Waals surface area contributed by atoms with Crippen LogP contribution >= 0.6 is 0 Å². The minimum atomic E-state index is 0.231. The van der Waals surface area contributed by atoms with Crippen molar-refractivity contribution in [2.24, 2.45) is 0 Å². The quantitative estimate of drug-likeness (QED) is 0.646. The molecule has 0 N–H and O–H groups in total. The summed E-state index contributed by atoms with van der Waals surface area (Å²) in [7, 11) is 0. The van der Waals surface area contributed by atoms with Gasteiger partial charge in [0.2, 0.25) is 5.91 Å². The van der Waals surface area contributed by atoms with Crippen LogP contribution in [-0.4, -0.2) is 52.0 Å². The number of hydrogen-bond acceptors (Lipinski definition) is 5. The summed E-state index contributed by atoms with van der Waals surface area (Å²) in [6.45, 7) is 5.83.